The highest BCUT2D eigenvalue weighted by atomic mass is 32.2. The lowest BCUT2D eigenvalue weighted by Gasteiger charge is -2.24. The summed E-state index contributed by atoms with van der Waals surface area (Å²) in [6.45, 7) is 0.742. The topological polar surface area (TPSA) is 111 Å². The lowest BCUT2D eigenvalue weighted by molar-refractivity contribution is -0.139. The van der Waals surface area contributed by atoms with E-state index in [0.29, 0.717) is 31.6 Å². The Balaban J connectivity index is 2.17. The molecule has 0 bridgehead atoms. The standard InChI is InChI=1S/C11H17N3O5S/c1-14-7-8(6-12-14)10(11(15)16)13-20(17,18)9-2-4-19-5-3-9/h6-7,9-10,13H,2-5H2,1H3,(H,15,16). The number of rotatable bonds is 5. The molecule has 112 valence electrons. The summed E-state index contributed by atoms with van der Waals surface area (Å²) >= 11 is 0. The number of carbonyl (C=O) groups is 1. The predicted molar refractivity (Wildman–Crippen MR) is 69.5 cm³/mol. The van der Waals surface area contributed by atoms with E-state index in [1.54, 1.807) is 7.05 Å². The van der Waals surface area contributed by atoms with Gasteiger partial charge in [0, 0.05) is 32.0 Å². The molecule has 8 nitrogen and oxygen atoms in total. The maximum Gasteiger partial charge on any atom is 0.326 e. The van der Waals surface area contributed by atoms with E-state index < -0.39 is 27.3 Å². The zero-order valence-electron chi connectivity index (χ0n) is 11.0. The molecule has 1 atom stereocenters. The van der Waals surface area contributed by atoms with Crippen molar-refractivity contribution in [1.29, 1.82) is 0 Å². The van der Waals surface area contributed by atoms with E-state index in [0.717, 1.165) is 0 Å². The fraction of sp³-hybridized carbons (Fsp3) is 0.636. The number of ether oxygens (including phenoxy) is 1. The van der Waals surface area contributed by atoms with Gasteiger partial charge in [-0.25, -0.2) is 8.42 Å². The summed E-state index contributed by atoms with van der Waals surface area (Å²) in [6.07, 6.45) is 3.56. The number of nitrogens with zero attached hydrogens (tertiary/aromatic N) is 2. The molecule has 1 aliphatic heterocycles. The third-order valence-electron chi connectivity index (χ3n) is 3.19. The maximum absolute atomic E-state index is 12.2. The van der Waals surface area contributed by atoms with Gasteiger partial charge < -0.3 is 9.84 Å². The fourth-order valence-electron chi connectivity index (χ4n) is 2.10. The first kappa shape index (κ1) is 14.9. The Morgan fingerprint density at radius 1 is 1.55 bits per heavy atom. The minimum Gasteiger partial charge on any atom is -0.480 e. The minimum atomic E-state index is -3.71. The Morgan fingerprint density at radius 3 is 2.70 bits per heavy atom. The molecule has 0 amide bonds. The minimum absolute atomic E-state index is 0.302. The molecular formula is C11H17N3O5S. The Hall–Kier alpha value is -1.45. The van der Waals surface area contributed by atoms with Gasteiger partial charge in [-0.05, 0) is 12.8 Å². The van der Waals surface area contributed by atoms with Gasteiger partial charge in [0.15, 0.2) is 0 Å². The van der Waals surface area contributed by atoms with Crippen molar-refractivity contribution in [3.8, 4) is 0 Å². The van der Waals surface area contributed by atoms with E-state index in [1.807, 2.05) is 0 Å². The van der Waals surface area contributed by atoms with E-state index in [4.69, 9.17) is 4.74 Å². The van der Waals surface area contributed by atoms with Crippen LogP contribution in [0.4, 0.5) is 0 Å². The largest absolute Gasteiger partial charge is 0.480 e. The zero-order chi connectivity index (χ0) is 14.8. The molecule has 0 spiro atoms. The average molecular weight is 303 g/mol. The summed E-state index contributed by atoms with van der Waals surface area (Å²) in [5.74, 6) is -1.26. The van der Waals surface area contributed by atoms with Crippen molar-refractivity contribution in [2.75, 3.05) is 13.2 Å². The Kier molecular flexibility index (Phi) is 4.41. The van der Waals surface area contributed by atoms with Gasteiger partial charge in [-0.1, -0.05) is 0 Å². The van der Waals surface area contributed by atoms with Crippen molar-refractivity contribution < 1.29 is 23.1 Å². The second kappa shape index (κ2) is 5.90. The predicted octanol–water partition coefficient (Wildman–Crippen LogP) is -0.356. The molecule has 1 unspecified atom stereocenters. The van der Waals surface area contributed by atoms with Crippen molar-refractivity contribution in [3.05, 3.63) is 18.0 Å². The molecule has 1 aromatic rings. The first-order valence-electron chi connectivity index (χ1n) is 6.20. The summed E-state index contributed by atoms with van der Waals surface area (Å²) in [7, 11) is -2.08. The molecule has 1 fully saturated rings. The van der Waals surface area contributed by atoms with Gasteiger partial charge in [0.1, 0.15) is 6.04 Å². The first-order chi connectivity index (χ1) is 9.40. The van der Waals surface area contributed by atoms with Crippen molar-refractivity contribution in [3.63, 3.8) is 0 Å². The molecule has 9 heteroatoms. The van der Waals surface area contributed by atoms with E-state index in [9.17, 15) is 18.3 Å². The number of carboxylic acid groups (broad SMARTS) is 1. The lowest BCUT2D eigenvalue weighted by Crippen LogP contribution is -2.42. The Labute approximate surface area is 116 Å². The van der Waals surface area contributed by atoms with Gasteiger partial charge in [0.2, 0.25) is 10.0 Å². The number of aryl methyl sites for hydroxylation is 1. The van der Waals surface area contributed by atoms with Gasteiger partial charge in [0.25, 0.3) is 0 Å². The number of hydrogen-bond acceptors (Lipinski definition) is 5. The van der Waals surface area contributed by atoms with E-state index >= 15 is 0 Å². The van der Waals surface area contributed by atoms with Crippen LogP contribution in [0.3, 0.4) is 0 Å². The number of nitrogens with one attached hydrogen (secondary N) is 1. The molecule has 0 radical (unpaired) electrons. The summed E-state index contributed by atoms with van der Waals surface area (Å²) in [5, 5.41) is 12.5. The van der Waals surface area contributed by atoms with Crippen molar-refractivity contribution in [2.24, 2.45) is 7.05 Å². The highest BCUT2D eigenvalue weighted by Gasteiger charge is 2.33. The Morgan fingerprint density at radius 2 is 2.20 bits per heavy atom. The van der Waals surface area contributed by atoms with Crippen LogP contribution < -0.4 is 4.72 Å². The van der Waals surface area contributed by atoms with E-state index in [1.165, 1.54) is 17.1 Å². The average Bonchev–Trinajstić information content (AvgIpc) is 2.83. The number of aromatic nitrogens is 2. The second-order valence-corrected chi connectivity index (χ2v) is 6.69. The highest BCUT2D eigenvalue weighted by molar-refractivity contribution is 7.90. The first-order valence-corrected chi connectivity index (χ1v) is 7.75. The molecule has 1 saturated heterocycles. The molecule has 2 rings (SSSR count). The Bertz CT molecular complexity index is 577. The lowest BCUT2D eigenvalue weighted by atomic mass is 10.2. The molecule has 20 heavy (non-hydrogen) atoms. The number of carboxylic acids is 1. The maximum atomic E-state index is 12.2. The van der Waals surface area contributed by atoms with Crippen LogP contribution in [0.15, 0.2) is 12.4 Å². The molecule has 0 aliphatic carbocycles. The van der Waals surface area contributed by atoms with Crippen LogP contribution in [0.5, 0.6) is 0 Å². The van der Waals surface area contributed by atoms with Crippen LogP contribution >= 0.6 is 0 Å². The number of aliphatic carboxylic acids is 1. The smallest absolute Gasteiger partial charge is 0.326 e. The molecule has 1 aromatic heterocycles. The van der Waals surface area contributed by atoms with Crippen molar-refractivity contribution >= 4 is 16.0 Å². The summed E-state index contributed by atoms with van der Waals surface area (Å²) in [5.41, 5.74) is 0.302. The van der Waals surface area contributed by atoms with Crippen LogP contribution in [-0.2, 0) is 26.6 Å². The molecular weight excluding hydrogens is 286 g/mol. The monoisotopic (exact) mass is 303 g/mol. The normalized spacial score (nSPS) is 18.9. The highest BCUT2D eigenvalue weighted by Crippen LogP contribution is 2.19. The number of sulfonamides is 1. The third-order valence-corrected chi connectivity index (χ3v) is 5.11. The fourth-order valence-corrected chi connectivity index (χ4v) is 3.67. The van der Waals surface area contributed by atoms with Crippen LogP contribution in [0.1, 0.15) is 24.4 Å². The van der Waals surface area contributed by atoms with Crippen LogP contribution in [0, 0.1) is 0 Å². The van der Waals surface area contributed by atoms with Crippen molar-refractivity contribution in [1.82, 2.24) is 14.5 Å². The SMILES string of the molecule is Cn1cc(C(NS(=O)(=O)C2CCOCC2)C(=O)O)cn1. The molecule has 2 N–H and O–H groups in total. The van der Waals surface area contributed by atoms with Crippen LogP contribution in [-0.4, -0.2) is 47.7 Å². The van der Waals surface area contributed by atoms with E-state index in [-0.39, 0.29) is 0 Å². The van der Waals surface area contributed by atoms with Gasteiger partial charge in [-0.15, -0.1) is 0 Å². The molecule has 0 saturated carbocycles. The van der Waals surface area contributed by atoms with Crippen molar-refractivity contribution in [2.45, 2.75) is 24.1 Å². The zero-order valence-corrected chi connectivity index (χ0v) is 11.8. The second-order valence-electron chi connectivity index (χ2n) is 4.69. The van der Waals surface area contributed by atoms with Gasteiger partial charge in [-0.2, -0.15) is 9.82 Å². The summed E-state index contributed by atoms with van der Waals surface area (Å²) in [4.78, 5) is 11.3. The van der Waals surface area contributed by atoms with E-state index in [2.05, 4.69) is 9.82 Å². The molecule has 0 aromatic carbocycles. The third kappa shape index (κ3) is 3.35. The molecule has 1 aliphatic rings. The van der Waals surface area contributed by atoms with Crippen LogP contribution in [0.2, 0.25) is 0 Å². The number of hydrogen-bond donors (Lipinski definition) is 2. The molecule has 2 heterocycles. The van der Waals surface area contributed by atoms with Crippen LogP contribution in [0.25, 0.3) is 0 Å². The van der Waals surface area contributed by atoms with Gasteiger partial charge in [-0.3, -0.25) is 9.48 Å². The summed E-state index contributed by atoms with van der Waals surface area (Å²) in [6, 6.07) is -1.32. The summed E-state index contributed by atoms with van der Waals surface area (Å²) < 4.78 is 33.2. The van der Waals surface area contributed by atoms with Gasteiger partial charge >= 0.3 is 5.97 Å². The van der Waals surface area contributed by atoms with Gasteiger partial charge in [0.05, 0.1) is 11.4 Å². The quantitative estimate of drug-likeness (QED) is 0.769.